The molecular weight excluding hydrogens is 341 g/mol. The number of esters is 1. The van der Waals surface area contributed by atoms with Crippen LogP contribution in [0, 0.1) is 0 Å². The third-order valence-corrected chi connectivity index (χ3v) is 3.13. The molecule has 1 unspecified atom stereocenters. The monoisotopic (exact) mass is 363 g/mol. The van der Waals surface area contributed by atoms with Gasteiger partial charge in [-0.25, -0.2) is 4.79 Å². The summed E-state index contributed by atoms with van der Waals surface area (Å²) in [5.41, 5.74) is 0.322. The maximum Gasteiger partial charge on any atom is 0.343 e. The van der Waals surface area contributed by atoms with E-state index in [4.69, 9.17) is 16.3 Å². The lowest BCUT2D eigenvalue weighted by molar-refractivity contribution is -0.142. The van der Waals surface area contributed by atoms with Gasteiger partial charge < -0.3 is 14.8 Å². The number of hydrogen-bond donors (Lipinski definition) is 1. The average molecular weight is 364 g/mol. The van der Waals surface area contributed by atoms with Crippen molar-refractivity contribution in [1.82, 2.24) is 5.32 Å². The van der Waals surface area contributed by atoms with Crippen LogP contribution >= 0.6 is 24.0 Å². The molecule has 7 heteroatoms. The molecule has 23 heavy (non-hydrogen) atoms. The Morgan fingerprint density at radius 2 is 1.91 bits per heavy atom. The maximum absolute atomic E-state index is 12.4. The molecule has 0 fully saturated rings. The topological polar surface area (TPSA) is 64.6 Å². The number of ketones is 1. The van der Waals surface area contributed by atoms with Crippen molar-refractivity contribution in [3.05, 3.63) is 28.8 Å². The predicted molar refractivity (Wildman–Crippen MR) is 92.9 cm³/mol. The lowest BCUT2D eigenvalue weighted by atomic mass is 10.0. The molecule has 1 aromatic carbocycles. The molecule has 1 N–H and O–H groups in total. The number of carbonyl (C=O) groups excluding carboxylic acids is 2. The zero-order chi connectivity index (χ0) is 16.9. The number of rotatable bonds is 6. The molecule has 1 rings (SSSR count). The SMILES string of the molecule is COC(=O)COc1ccc(C(=O)C(C)NC(C)(C)C)cc1Cl.Cl. The molecule has 0 radical (unpaired) electrons. The van der Waals surface area contributed by atoms with Crippen LogP contribution in [0.4, 0.5) is 0 Å². The first-order valence-electron chi connectivity index (χ1n) is 6.95. The highest BCUT2D eigenvalue weighted by atomic mass is 35.5. The molecular formula is C16H23Cl2NO4. The van der Waals surface area contributed by atoms with E-state index < -0.39 is 5.97 Å². The van der Waals surface area contributed by atoms with Crippen molar-refractivity contribution < 1.29 is 19.1 Å². The lowest BCUT2D eigenvalue weighted by Gasteiger charge is -2.25. The zero-order valence-corrected chi connectivity index (χ0v) is 15.5. The minimum atomic E-state index is -0.501. The van der Waals surface area contributed by atoms with Crippen LogP contribution in [0.5, 0.6) is 5.75 Å². The van der Waals surface area contributed by atoms with Gasteiger partial charge in [0.2, 0.25) is 0 Å². The van der Waals surface area contributed by atoms with Crippen LogP contribution in [-0.2, 0) is 9.53 Å². The van der Waals surface area contributed by atoms with Gasteiger partial charge >= 0.3 is 5.97 Å². The maximum atomic E-state index is 12.4. The Labute approximate surface area is 148 Å². The van der Waals surface area contributed by atoms with E-state index in [1.807, 2.05) is 27.7 Å². The van der Waals surface area contributed by atoms with Crippen molar-refractivity contribution in [3.8, 4) is 5.75 Å². The van der Waals surface area contributed by atoms with Crippen LogP contribution in [0.15, 0.2) is 18.2 Å². The van der Waals surface area contributed by atoms with Crippen LogP contribution in [0.3, 0.4) is 0 Å². The summed E-state index contributed by atoms with van der Waals surface area (Å²) in [6, 6.07) is 4.40. The second-order valence-corrected chi connectivity index (χ2v) is 6.40. The highest BCUT2D eigenvalue weighted by Gasteiger charge is 2.21. The van der Waals surface area contributed by atoms with E-state index in [0.717, 1.165) is 0 Å². The minimum absolute atomic E-state index is 0. The Balaban J connectivity index is 0.00000484. The molecule has 1 atom stereocenters. The molecule has 0 saturated heterocycles. The predicted octanol–water partition coefficient (Wildman–Crippen LogP) is 3.27. The second kappa shape index (κ2) is 9.11. The number of benzene rings is 1. The molecule has 0 spiro atoms. The van der Waals surface area contributed by atoms with Crippen molar-refractivity contribution in [2.75, 3.05) is 13.7 Å². The van der Waals surface area contributed by atoms with E-state index >= 15 is 0 Å². The molecule has 1 aromatic rings. The summed E-state index contributed by atoms with van der Waals surface area (Å²) in [6.45, 7) is 7.56. The summed E-state index contributed by atoms with van der Waals surface area (Å²) in [5, 5.41) is 3.49. The van der Waals surface area contributed by atoms with Crippen LogP contribution in [-0.4, -0.2) is 37.0 Å². The van der Waals surface area contributed by atoms with Crippen LogP contribution in [0.2, 0.25) is 5.02 Å². The molecule has 0 heterocycles. The van der Waals surface area contributed by atoms with Gasteiger partial charge in [0.25, 0.3) is 0 Å². The van der Waals surface area contributed by atoms with E-state index in [0.29, 0.717) is 11.3 Å². The van der Waals surface area contributed by atoms with Gasteiger partial charge in [0.1, 0.15) is 5.75 Å². The van der Waals surface area contributed by atoms with E-state index in [-0.39, 0.29) is 41.4 Å². The molecule has 0 aromatic heterocycles. The fraction of sp³-hybridized carbons (Fsp3) is 0.500. The summed E-state index contributed by atoms with van der Waals surface area (Å²) in [6.07, 6.45) is 0. The van der Waals surface area contributed by atoms with E-state index in [9.17, 15) is 9.59 Å². The van der Waals surface area contributed by atoms with Crippen molar-refractivity contribution in [2.45, 2.75) is 39.3 Å². The van der Waals surface area contributed by atoms with Crippen molar-refractivity contribution >= 4 is 35.8 Å². The summed E-state index contributed by atoms with van der Waals surface area (Å²) in [5.74, 6) is -0.226. The lowest BCUT2D eigenvalue weighted by Crippen LogP contribution is -2.46. The van der Waals surface area contributed by atoms with Gasteiger partial charge in [0.15, 0.2) is 12.4 Å². The number of carbonyl (C=O) groups is 2. The van der Waals surface area contributed by atoms with Crippen LogP contribution < -0.4 is 10.1 Å². The Morgan fingerprint density at radius 3 is 2.39 bits per heavy atom. The van der Waals surface area contributed by atoms with Crippen LogP contribution in [0.1, 0.15) is 38.1 Å². The van der Waals surface area contributed by atoms with Crippen molar-refractivity contribution in [2.24, 2.45) is 0 Å². The number of Topliss-reactive ketones (excluding diaryl/α,β-unsaturated/α-hetero) is 1. The van der Waals surface area contributed by atoms with Gasteiger partial charge in [0.05, 0.1) is 18.2 Å². The summed E-state index contributed by atoms with van der Waals surface area (Å²) in [4.78, 5) is 23.4. The van der Waals surface area contributed by atoms with Crippen molar-refractivity contribution in [1.29, 1.82) is 0 Å². The largest absolute Gasteiger partial charge is 0.480 e. The number of halogens is 2. The molecule has 5 nitrogen and oxygen atoms in total. The summed E-state index contributed by atoms with van der Waals surface area (Å²) in [7, 11) is 1.28. The Kier molecular flexibility index (Phi) is 8.59. The molecule has 0 aliphatic rings. The van der Waals surface area contributed by atoms with Gasteiger partial charge in [-0.05, 0) is 45.9 Å². The normalized spacial score (nSPS) is 12.1. The van der Waals surface area contributed by atoms with Gasteiger partial charge in [-0.15, -0.1) is 12.4 Å². The molecule has 0 aliphatic carbocycles. The van der Waals surface area contributed by atoms with E-state index in [1.165, 1.54) is 13.2 Å². The Bertz CT molecular complexity index is 556. The van der Waals surface area contributed by atoms with Crippen LogP contribution in [0.25, 0.3) is 0 Å². The second-order valence-electron chi connectivity index (χ2n) is 5.99. The standard InChI is InChI=1S/C16H22ClNO4.ClH/c1-10(18-16(2,3)4)15(20)11-6-7-13(12(17)8-11)22-9-14(19)21-5;/h6-8,10,18H,9H2,1-5H3;1H. The molecule has 0 saturated carbocycles. The third-order valence-electron chi connectivity index (χ3n) is 2.83. The molecule has 0 bridgehead atoms. The summed E-state index contributed by atoms with van der Waals surface area (Å²) >= 11 is 6.09. The van der Waals surface area contributed by atoms with E-state index in [2.05, 4.69) is 10.1 Å². The first-order valence-corrected chi connectivity index (χ1v) is 7.33. The minimum Gasteiger partial charge on any atom is -0.480 e. The van der Waals surface area contributed by atoms with Crippen molar-refractivity contribution in [3.63, 3.8) is 0 Å². The highest BCUT2D eigenvalue weighted by Crippen LogP contribution is 2.26. The fourth-order valence-corrected chi connectivity index (χ4v) is 2.17. The summed E-state index contributed by atoms with van der Waals surface area (Å²) < 4.78 is 9.71. The zero-order valence-electron chi connectivity index (χ0n) is 13.9. The van der Waals surface area contributed by atoms with Gasteiger partial charge in [0, 0.05) is 11.1 Å². The van der Waals surface area contributed by atoms with Gasteiger partial charge in [-0.1, -0.05) is 11.6 Å². The highest BCUT2D eigenvalue weighted by molar-refractivity contribution is 6.32. The van der Waals surface area contributed by atoms with E-state index in [1.54, 1.807) is 12.1 Å². The molecule has 0 aliphatic heterocycles. The number of hydrogen-bond acceptors (Lipinski definition) is 5. The third kappa shape index (κ3) is 7.20. The molecule has 130 valence electrons. The number of methoxy groups -OCH3 is 1. The quantitative estimate of drug-likeness (QED) is 0.620. The number of nitrogens with one attached hydrogen (secondary N) is 1. The molecule has 0 amide bonds. The fourth-order valence-electron chi connectivity index (χ4n) is 1.93. The average Bonchev–Trinajstić information content (AvgIpc) is 2.42. The first kappa shape index (κ1) is 21.7. The Hall–Kier alpha value is -1.30. The number of ether oxygens (including phenoxy) is 2. The Morgan fingerprint density at radius 1 is 1.30 bits per heavy atom. The van der Waals surface area contributed by atoms with Gasteiger partial charge in [-0.3, -0.25) is 4.79 Å². The van der Waals surface area contributed by atoms with Gasteiger partial charge in [-0.2, -0.15) is 0 Å². The smallest absolute Gasteiger partial charge is 0.343 e. The first-order chi connectivity index (χ1) is 10.1.